The number of para-hydroxylation sites is 1. The molecule has 0 atom stereocenters. The number of nitrogens with one attached hydrogen (secondary N) is 2. The lowest BCUT2D eigenvalue weighted by Gasteiger charge is -2.27. The molecular weight excluding hydrogens is 430 g/mol. The second-order valence-electron chi connectivity index (χ2n) is 6.88. The van der Waals surface area contributed by atoms with Crippen LogP contribution < -0.4 is 0 Å². The molecule has 2 aromatic heterocycles. The van der Waals surface area contributed by atoms with Crippen molar-refractivity contribution >= 4 is 43.8 Å². The first kappa shape index (κ1) is 17.4. The van der Waals surface area contributed by atoms with Crippen LogP contribution in [0.1, 0.15) is 33.9 Å². The fraction of sp³-hybridized carbons (Fsp3) is 0.200. The van der Waals surface area contributed by atoms with Crippen molar-refractivity contribution in [1.82, 2.24) is 19.9 Å². The molecule has 4 aromatic rings. The number of hydrogen-bond acceptors (Lipinski definition) is 2. The van der Waals surface area contributed by atoms with Crippen molar-refractivity contribution in [2.45, 2.75) is 19.4 Å². The molecule has 28 heavy (non-hydrogen) atoms. The van der Waals surface area contributed by atoms with E-state index in [4.69, 9.17) is 0 Å². The summed E-state index contributed by atoms with van der Waals surface area (Å²) in [7, 11) is 0. The Morgan fingerprint density at radius 2 is 2.07 bits per heavy atom. The molecule has 0 unspecified atom stereocenters. The van der Waals surface area contributed by atoms with Gasteiger partial charge in [0.2, 0.25) is 0 Å². The number of rotatable bonds is 2. The van der Waals surface area contributed by atoms with Crippen molar-refractivity contribution < 1.29 is 13.6 Å². The van der Waals surface area contributed by atoms with Gasteiger partial charge in [0.1, 0.15) is 0 Å². The van der Waals surface area contributed by atoms with Crippen LogP contribution >= 0.6 is 15.9 Å². The summed E-state index contributed by atoms with van der Waals surface area (Å²) in [6, 6.07) is 10.9. The van der Waals surface area contributed by atoms with Gasteiger partial charge < -0.3 is 14.9 Å². The number of hydrogen-bond donors (Lipinski definition) is 2. The van der Waals surface area contributed by atoms with E-state index in [2.05, 4.69) is 30.9 Å². The first-order chi connectivity index (χ1) is 13.5. The Hall–Kier alpha value is -2.74. The summed E-state index contributed by atoms with van der Waals surface area (Å²) < 4.78 is 26.7. The van der Waals surface area contributed by atoms with E-state index in [1.54, 1.807) is 23.1 Å². The lowest BCUT2D eigenvalue weighted by molar-refractivity contribution is 0.0735. The van der Waals surface area contributed by atoms with E-state index in [0.29, 0.717) is 29.7 Å². The Morgan fingerprint density at radius 1 is 1.21 bits per heavy atom. The monoisotopic (exact) mass is 444 g/mol. The third kappa shape index (κ3) is 2.71. The van der Waals surface area contributed by atoms with Crippen molar-refractivity contribution in [1.29, 1.82) is 0 Å². The molecule has 3 heterocycles. The molecule has 2 aromatic carbocycles. The minimum absolute atomic E-state index is 0.120. The Balaban J connectivity index is 1.47. The van der Waals surface area contributed by atoms with Crippen LogP contribution in [0.25, 0.3) is 21.9 Å². The number of aromatic nitrogens is 3. The predicted molar refractivity (Wildman–Crippen MR) is 105 cm³/mol. The van der Waals surface area contributed by atoms with Crippen LogP contribution in [0.2, 0.25) is 0 Å². The van der Waals surface area contributed by atoms with Crippen LogP contribution in [0, 0.1) is 0 Å². The van der Waals surface area contributed by atoms with Gasteiger partial charge in [0.05, 0.1) is 16.6 Å². The van der Waals surface area contributed by atoms with E-state index in [0.717, 1.165) is 33.1 Å². The number of H-pyrrole nitrogens is 2. The predicted octanol–water partition coefficient (Wildman–Crippen LogP) is 4.94. The fourth-order valence-electron chi connectivity index (χ4n) is 3.82. The first-order valence-electron chi connectivity index (χ1n) is 8.86. The van der Waals surface area contributed by atoms with E-state index in [1.807, 2.05) is 18.2 Å². The van der Waals surface area contributed by atoms with E-state index < -0.39 is 6.43 Å². The summed E-state index contributed by atoms with van der Waals surface area (Å²) in [5, 5.41) is 1.10. The quantitative estimate of drug-likeness (QED) is 0.459. The van der Waals surface area contributed by atoms with Crippen LogP contribution in [-0.4, -0.2) is 32.3 Å². The molecule has 5 nitrogen and oxygen atoms in total. The number of alkyl halides is 2. The summed E-state index contributed by atoms with van der Waals surface area (Å²) in [6.07, 6.45) is -1.93. The number of fused-ring (bicyclic) bond motifs is 4. The normalized spacial score (nSPS) is 14.2. The molecular formula is C20H15BrF2N4O. The number of amides is 1. The number of halogens is 3. The van der Waals surface area contributed by atoms with Crippen molar-refractivity contribution in [3.05, 3.63) is 63.5 Å². The first-order valence-corrected chi connectivity index (χ1v) is 9.65. The highest BCUT2D eigenvalue weighted by Crippen LogP contribution is 2.32. The fourth-order valence-corrected chi connectivity index (χ4v) is 4.29. The molecule has 1 amide bonds. The van der Waals surface area contributed by atoms with Crippen molar-refractivity contribution in [2.75, 3.05) is 6.54 Å². The number of aromatic amines is 2. The smallest absolute Gasteiger partial charge is 0.295 e. The maximum Gasteiger partial charge on any atom is 0.295 e. The standard InChI is InChI=1S/C20H15BrF2N4O/c21-13-3-1-2-11-12-9-27(7-6-14(12)24-17(11)13)20(28)10-4-5-15-16(8-10)26-19(25-15)18(22)23/h1-5,8,18,24H,6-7,9H2,(H,25,26). The number of carbonyl (C=O) groups is 1. The van der Waals surface area contributed by atoms with Crippen LogP contribution in [0.4, 0.5) is 8.78 Å². The third-order valence-corrected chi connectivity index (χ3v) is 5.86. The topological polar surface area (TPSA) is 64.8 Å². The zero-order valence-corrected chi connectivity index (χ0v) is 16.2. The molecule has 5 rings (SSSR count). The minimum Gasteiger partial charge on any atom is -0.357 e. The molecule has 0 spiro atoms. The minimum atomic E-state index is -2.67. The molecule has 0 fully saturated rings. The zero-order chi connectivity index (χ0) is 19.4. The van der Waals surface area contributed by atoms with Gasteiger partial charge in [-0.25, -0.2) is 13.8 Å². The maximum atomic E-state index is 13.0. The summed E-state index contributed by atoms with van der Waals surface area (Å²) in [6.45, 7) is 1.10. The molecule has 8 heteroatoms. The lowest BCUT2D eigenvalue weighted by atomic mass is 10.0. The largest absolute Gasteiger partial charge is 0.357 e. The Labute approximate surface area is 166 Å². The second kappa shape index (κ2) is 6.41. The van der Waals surface area contributed by atoms with Crippen molar-refractivity contribution in [3.63, 3.8) is 0 Å². The van der Waals surface area contributed by atoms with Gasteiger partial charge in [-0.05, 0) is 40.2 Å². The van der Waals surface area contributed by atoms with E-state index in [1.165, 1.54) is 0 Å². The molecule has 0 bridgehead atoms. The Bertz CT molecular complexity index is 1230. The zero-order valence-electron chi connectivity index (χ0n) is 14.6. The molecule has 0 radical (unpaired) electrons. The molecule has 1 aliphatic rings. The van der Waals surface area contributed by atoms with Crippen molar-refractivity contribution in [2.24, 2.45) is 0 Å². The molecule has 142 valence electrons. The lowest BCUT2D eigenvalue weighted by Crippen LogP contribution is -2.35. The van der Waals surface area contributed by atoms with Gasteiger partial charge >= 0.3 is 0 Å². The average molecular weight is 445 g/mol. The molecule has 2 N–H and O–H groups in total. The van der Waals surface area contributed by atoms with Crippen LogP contribution in [0.3, 0.4) is 0 Å². The summed E-state index contributed by atoms with van der Waals surface area (Å²) in [5.74, 6) is -0.503. The highest BCUT2D eigenvalue weighted by Gasteiger charge is 2.25. The molecule has 1 aliphatic heterocycles. The summed E-state index contributed by atoms with van der Waals surface area (Å²) in [4.78, 5) is 24.7. The molecule has 0 saturated carbocycles. The Kier molecular flexibility index (Phi) is 3.97. The molecule has 0 saturated heterocycles. The van der Waals surface area contributed by atoms with Crippen molar-refractivity contribution in [3.8, 4) is 0 Å². The summed E-state index contributed by atoms with van der Waals surface area (Å²) >= 11 is 3.56. The van der Waals surface area contributed by atoms with E-state index >= 15 is 0 Å². The van der Waals surface area contributed by atoms with Crippen LogP contribution in [0.5, 0.6) is 0 Å². The van der Waals surface area contributed by atoms with E-state index in [9.17, 15) is 13.6 Å². The maximum absolute atomic E-state index is 13.0. The van der Waals surface area contributed by atoms with Gasteiger partial charge in [0, 0.05) is 46.2 Å². The third-order valence-electron chi connectivity index (χ3n) is 5.20. The number of benzene rings is 2. The van der Waals surface area contributed by atoms with Gasteiger partial charge in [-0.15, -0.1) is 0 Å². The van der Waals surface area contributed by atoms with Crippen LogP contribution in [-0.2, 0) is 13.0 Å². The highest BCUT2D eigenvalue weighted by molar-refractivity contribution is 9.10. The SMILES string of the molecule is O=C(c1ccc2nc(C(F)F)[nH]c2c1)N1CCc2[nH]c3c(Br)cccc3c2C1. The number of nitrogens with zero attached hydrogens (tertiary/aromatic N) is 2. The number of imidazole rings is 1. The van der Waals surface area contributed by atoms with Gasteiger partial charge in [0.25, 0.3) is 12.3 Å². The molecule has 0 aliphatic carbocycles. The van der Waals surface area contributed by atoms with E-state index in [-0.39, 0.29) is 11.7 Å². The number of carbonyl (C=O) groups excluding carboxylic acids is 1. The van der Waals surface area contributed by atoms with Gasteiger partial charge in [-0.1, -0.05) is 12.1 Å². The van der Waals surface area contributed by atoms with Gasteiger partial charge in [-0.3, -0.25) is 4.79 Å². The van der Waals surface area contributed by atoms with Crippen LogP contribution in [0.15, 0.2) is 40.9 Å². The second-order valence-corrected chi connectivity index (χ2v) is 7.73. The highest BCUT2D eigenvalue weighted by atomic mass is 79.9. The summed E-state index contributed by atoms with van der Waals surface area (Å²) in [5.41, 5.74) is 4.64. The Morgan fingerprint density at radius 3 is 2.89 bits per heavy atom. The van der Waals surface area contributed by atoms with Gasteiger partial charge in [-0.2, -0.15) is 0 Å². The average Bonchev–Trinajstić information content (AvgIpc) is 3.29. The van der Waals surface area contributed by atoms with Gasteiger partial charge in [0.15, 0.2) is 5.82 Å².